The monoisotopic (exact) mass is 295 g/mol. The van der Waals surface area contributed by atoms with Gasteiger partial charge in [0.05, 0.1) is 6.04 Å². The molecular weight excluding hydrogens is 274 g/mol. The molecule has 0 aliphatic heterocycles. The van der Waals surface area contributed by atoms with Crippen molar-refractivity contribution in [2.45, 2.75) is 45.1 Å². The molecule has 0 bridgehead atoms. The van der Waals surface area contributed by atoms with Gasteiger partial charge in [0, 0.05) is 11.9 Å². The largest absolute Gasteiger partial charge is 0.282 e. The number of hydrogen-bond acceptors (Lipinski definition) is 3. The highest BCUT2D eigenvalue weighted by Crippen LogP contribution is 2.19. The van der Waals surface area contributed by atoms with Gasteiger partial charge in [-0.15, -0.1) is 0 Å². The van der Waals surface area contributed by atoms with E-state index in [1.807, 2.05) is 37.3 Å². The molecule has 2 aromatic heterocycles. The van der Waals surface area contributed by atoms with Crippen LogP contribution < -0.4 is 5.49 Å². The Bertz CT molecular complexity index is 727. The second-order valence-electron chi connectivity index (χ2n) is 5.82. The lowest BCUT2D eigenvalue weighted by Crippen LogP contribution is -2.29. The van der Waals surface area contributed by atoms with Crippen molar-refractivity contribution < 1.29 is 4.79 Å². The molecule has 1 fully saturated rings. The second kappa shape index (κ2) is 6.69. The average Bonchev–Trinajstić information content (AvgIpc) is 2.56. The van der Waals surface area contributed by atoms with Crippen LogP contribution in [0.3, 0.4) is 0 Å². The van der Waals surface area contributed by atoms with Crippen molar-refractivity contribution in [3.63, 3.8) is 0 Å². The van der Waals surface area contributed by atoms with Crippen LogP contribution >= 0.6 is 0 Å². The van der Waals surface area contributed by atoms with Crippen molar-refractivity contribution in [3.05, 3.63) is 59.5 Å². The van der Waals surface area contributed by atoms with Gasteiger partial charge in [0.15, 0.2) is 0 Å². The van der Waals surface area contributed by atoms with Crippen LogP contribution in [0.2, 0.25) is 0 Å². The number of nitrogens with zero attached hydrogens (tertiary/aromatic N) is 3. The first kappa shape index (κ1) is 14.7. The maximum atomic E-state index is 12.7. The highest BCUT2D eigenvalue weighted by Gasteiger charge is 2.14. The van der Waals surface area contributed by atoms with Gasteiger partial charge < -0.3 is 0 Å². The average molecular weight is 295 g/mol. The van der Waals surface area contributed by atoms with E-state index in [9.17, 15) is 4.79 Å². The molecule has 22 heavy (non-hydrogen) atoms. The number of carbonyl (C=O) groups is 1. The van der Waals surface area contributed by atoms with Crippen LogP contribution in [-0.2, 0) is 0 Å². The molecule has 4 heteroatoms. The third-order valence-electron chi connectivity index (χ3n) is 4.05. The summed E-state index contributed by atoms with van der Waals surface area (Å²) in [5, 5.41) is 0. The minimum Gasteiger partial charge on any atom is -0.267 e. The van der Waals surface area contributed by atoms with E-state index in [0.717, 1.165) is 24.0 Å². The van der Waals surface area contributed by atoms with E-state index in [0.29, 0.717) is 11.7 Å². The van der Waals surface area contributed by atoms with Gasteiger partial charge in [0.2, 0.25) is 0 Å². The Morgan fingerprint density at radius 3 is 2.73 bits per heavy atom. The first-order chi connectivity index (χ1) is 10.7. The Labute approximate surface area is 130 Å². The molecule has 0 aromatic carbocycles. The van der Waals surface area contributed by atoms with E-state index < -0.39 is 0 Å². The van der Waals surface area contributed by atoms with E-state index >= 15 is 0 Å². The number of rotatable bonds is 2. The molecule has 114 valence electrons. The summed E-state index contributed by atoms with van der Waals surface area (Å²) in [4.78, 5) is 21.8. The SMILES string of the molecule is Cc1cccc(C(=O)n2ccccc2=NC2CCCCC2)n1. The molecule has 1 aliphatic rings. The Balaban J connectivity index is 1.97. The predicted molar refractivity (Wildman–Crippen MR) is 85.6 cm³/mol. The Hall–Kier alpha value is -2.23. The third kappa shape index (κ3) is 3.32. The van der Waals surface area contributed by atoms with Gasteiger partial charge in [-0.1, -0.05) is 31.4 Å². The zero-order valence-electron chi connectivity index (χ0n) is 12.9. The Morgan fingerprint density at radius 2 is 1.95 bits per heavy atom. The third-order valence-corrected chi connectivity index (χ3v) is 4.05. The summed E-state index contributed by atoms with van der Waals surface area (Å²) in [6.07, 6.45) is 7.77. The lowest BCUT2D eigenvalue weighted by molar-refractivity contribution is 0.0949. The van der Waals surface area contributed by atoms with E-state index in [1.54, 1.807) is 16.8 Å². The van der Waals surface area contributed by atoms with Crippen LogP contribution in [0.5, 0.6) is 0 Å². The zero-order valence-corrected chi connectivity index (χ0v) is 12.9. The van der Waals surface area contributed by atoms with Crippen LogP contribution in [0.15, 0.2) is 47.6 Å². The molecule has 3 rings (SSSR count). The maximum Gasteiger partial charge on any atom is 0.282 e. The first-order valence-electron chi connectivity index (χ1n) is 7.94. The number of carbonyl (C=O) groups excluding carboxylic acids is 1. The van der Waals surface area contributed by atoms with Crippen LogP contribution in [0.4, 0.5) is 0 Å². The maximum absolute atomic E-state index is 12.7. The molecule has 0 radical (unpaired) electrons. The summed E-state index contributed by atoms with van der Waals surface area (Å²) in [7, 11) is 0. The fraction of sp³-hybridized carbons (Fsp3) is 0.389. The molecule has 1 saturated carbocycles. The summed E-state index contributed by atoms with van der Waals surface area (Å²) in [5.74, 6) is -0.126. The molecule has 0 unspecified atom stereocenters. The van der Waals surface area contributed by atoms with Crippen LogP contribution in [0.1, 0.15) is 48.3 Å². The summed E-state index contributed by atoms with van der Waals surface area (Å²) in [6, 6.07) is 11.5. The summed E-state index contributed by atoms with van der Waals surface area (Å²) in [5.41, 5.74) is 2.02. The number of aryl methyl sites for hydroxylation is 1. The quantitative estimate of drug-likeness (QED) is 0.854. The highest BCUT2D eigenvalue weighted by molar-refractivity contribution is 5.93. The minimum atomic E-state index is -0.126. The van der Waals surface area contributed by atoms with Gasteiger partial charge in [-0.2, -0.15) is 0 Å². The van der Waals surface area contributed by atoms with E-state index in [-0.39, 0.29) is 5.91 Å². The molecule has 2 heterocycles. The molecule has 0 spiro atoms. The second-order valence-corrected chi connectivity index (χ2v) is 5.82. The zero-order chi connectivity index (χ0) is 15.4. The van der Waals surface area contributed by atoms with Crippen molar-refractivity contribution in [2.24, 2.45) is 4.99 Å². The standard InChI is InChI=1S/C18H21N3O/c1-14-8-7-11-16(19-14)18(22)21-13-6-5-12-17(21)20-15-9-3-2-4-10-15/h5-8,11-13,15H,2-4,9-10H2,1H3. The normalized spacial score (nSPS) is 16.7. The topological polar surface area (TPSA) is 47.2 Å². The fourth-order valence-electron chi connectivity index (χ4n) is 2.89. The molecule has 0 saturated heterocycles. The fourth-order valence-corrected chi connectivity index (χ4v) is 2.89. The van der Waals surface area contributed by atoms with Crippen LogP contribution in [0.25, 0.3) is 0 Å². The van der Waals surface area contributed by atoms with E-state index in [2.05, 4.69) is 4.98 Å². The van der Waals surface area contributed by atoms with Crippen molar-refractivity contribution in [1.29, 1.82) is 0 Å². The van der Waals surface area contributed by atoms with Gasteiger partial charge in [-0.3, -0.25) is 14.4 Å². The predicted octanol–water partition coefficient (Wildman–Crippen LogP) is 3.11. The van der Waals surface area contributed by atoms with Crippen molar-refractivity contribution in [1.82, 2.24) is 9.55 Å². The molecule has 2 aromatic rings. The Morgan fingerprint density at radius 1 is 1.14 bits per heavy atom. The smallest absolute Gasteiger partial charge is 0.267 e. The molecule has 0 N–H and O–H groups in total. The van der Waals surface area contributed by atoms with Gasteiger partial charge >= 0.3 is 0 Å². The van der Waals surface area contributed by atoms with E-state index in [4.69, 9.17) is 4.99 Å². The highest BCUT2D eigenvalue weighted by atomic mass is 16.2. The first-order valence-corrected chi connectivity index (χ1v) is 7.94. The number of hydrogen-bond donors (Lipinski definition) is 0. The van der Waals surface area contributed by atoms with Crippen LogP contribution in [0, 0.1) is 6.92 Å². The summed E-state index contributed by atoms with van der Waals surface area (Å²) in [6.45, 7) is 1.89. The van der Waals surface area contributed by atoms with Crippen LogP contribution in [-0.4, -0.2) is 21.5 Å². The molecular formula is C18H21N3O. The minimum absolute atomic E-state index is 0.126. The number of pyridine rings is 2. The summed E-state index contributed by atoms with van der Waals surface area (Å²) >= 11 is 0. The number of aromatic nitrogens is 2. The van der Waals surface area contributed by atoms with Gasteiger partial charge in [0.25, 0.3) is 5.91 Å². The lowest BCUT2D eigenvalue weighted by Gasteiger charge is -2.17. The van der Waals surface area contributed by atoms with E-state index in [1.165, 1.54) is 19.3 Å². The van der Waals surface area contributed by atoms with Crippen molar-refractivity contribution in [3.8, 4) is 0 Å². The molecule has 0 amide bonds. The molecule has 1 aliphatic carbocycles. The van der Waals surface area contributed by atoms with Gasteiger partial charge in [-0.25, -0.2) is 4.98 Å². The Kier molecular flexibility index (Phi) is 4.47. The lowest BCUT2D eigenvalue weighted by atomic mass is 9.96. The van der Waals surface area contributed by atoms with Gasteiger partial charge in [0.1, 0.15) is 11.2 Å². The molecule has 4 nitrogen and oxygen atoms in total. The summed E-state index contributed by atoms with van der Waals surface area (Å²) < 4.78 is 1.61. The van der Waals surface area contributed by atoms with Gasteiger partial charge in [-0.05, 0) is 44.0 Å². The van der Waals surface area contributed by atoms with Crippen molar-refractivity contribution >= 4 is 5.91 Å². The van der Waals surface area contributed by atoms with Crippen molar-refractivity contribution in [2.75, 3.05) is 0 Å². The molecule has 0 atom stereocenters.